The summed E-state index contributed by atoms with van der Waals surface area (Å²) >= 11 is 1.46. The molecule has 2 rings (SSSR count). The molecule has 0 aliphatic rings. The van der Waals surface area contributed by atoms with Crippen molar-refractivity contribution >= 4 is 28.3 Å². The van der Waals surface area contributed by atoms with Gasteiger partial charge in [-0.05, 0) is 12.1 Å². The Morgan fingerprint density at radius 2 is 2.31 bits per heavy atom. The van der Waals surface area contributed by atoms with E-state index in [0.717, 1.165) is 5.13 Å². The van der Waals surface area contributed by atoms with Gasteiger partial charge in [0.1, 0.15) is 5.82 Å². The van der Waals surface area contributed by atoms with E-state index < -0.39 is 0 Å². The first-order chi connectivity index (χ1) is 7.79. The van der Waals surface area contributed by atoms with Crippen LogP contribution in [0.1, 0.15) is 10.4 Å². The lowest BCUT2D eigenvalue weighted by Gasteiger charge is -2.03. The van der Waals surface area contributed by atoms with Gasteiger partial charge in [0.2, 0.25) is 0 Å². The predicted molar refractivity (Wildman–Crippen MR) is 61.0 cm³/mol. The molecule has 5 nitrogen and oxygen atoms in total. The average Bonchev–Trinajstić information content (AvgIpc) is 2.81. The second-order valence-electron chi connectivity index (χ2n) is 2.88. The Morgan fingerprint density at radius 3 is 3.00 bits per heavy atom. The fourth-order valence-electron chi connectivity index (χ4n) is 1.14. The van der Waals surface area contributed by atoms with Gasteiger partial charge in [0.05, 0.1) is 12.7 Å². The van der Waals surface area contributed by atoms with Crippen molar-refractivity contribution in [1.82, 2.24) is 9.97 Å². The van der Waals surface area contributed by atoms with Gasteiger partial charge < -0.3 is 10.1 Å². The van der Waals surface area contributed by atoms with Gasteiger partial charge >= 0.3 is 5.97 Å². The van der Waals surface area contributed by atoms with Crippen LogP contribution in [0.4, 0.5) is 10.9 Å². The highest BCUT2D eigenvalue weighted by atomic mass is 32.1. The monoisotopic (exact) mass is 235 g/mol. The summed E-state index contributed by atoms with van der Waals surface area (Å²) < 4.78 is 4.62. The van der Waals surface area contributed by atoms with Crippen LogP contribution in [0.3, 0.4) is 0 Å². The van der Waals surface area contributed by atoms with Crippen LogP contribution in [0.2, 0.25) is 0 Å². The number of carbonyl (C=O) groups excluding carboxylic acids is 1. The number of pyridine rings is 1. The van der Waals surface area contributed by atoms with Gasteiger partial charge in [-0.3, -0.25) is 0 Å². The Labute approximate surface area is 96.1 Å². The molecule has 0 saturated heterocycles. The van der Waals surface area contributed by atoms with Gasteiger partial charge in [0, 0.05) is 17.8 Å². The highest BCUT2D eigenvalue weighted by molar-refractivity contribution is 7.13. The molecule has 0 spiro atoms. The van der Waals surface area contributed by atoms with Crippen molar-refractivity contribution in [2.45, 2.75) is 0 Å². The van der Waals surface area contributed by atoms with Gasteiger partial charge in [0.15, 0.2) is 5.13 Å². The molecule has 2 aromatic rings. The van der Waals surface area contributed by atoms with E-state index >= 15 is 0 Å². The number of anilines is 2. The number of hydrogen-bond acceptors (Lipinski definition) is 6. The lowest BCUT2D eigenvalue weighted by atomic mass is 10.2. The fraction of sp³-hybridized carbons (Fsp3) is 0.100. The Morgan fingerprint density at radius 1 is 1.44 bits per heavy atom. The lowest BCUT2D eigenvalue weighted by molar-refractivity contribution is 0.0600. The van der Waals surface area contributed by atoms with E-state index in [4.69, 9.17) is 0 Å². The van der Waals surface area contributed by atoms with Crippen molar-refractivity contribution in [3.05, 3.63) is 35.5 Å². The van der Waals surface area contributed by atoms with E-state index in [2.05, 4.69) is 20.0 Å². The van der Waals surface area contributed by atoms with Crippen LogP contribution < -0.4 is 5.32 Å². The molecule has 6 heteroatoms. The Kier molecular flexibility index (Phi) is 3.11. The van der Waals surface area contributed by atoms with Crippen molar-refractivity contribution < 1.29 is 9.53 Å². The number of nitrogens with zero attached hydrogens (tertiary/aromatic N) is 2. The average molecular weight is 235 g/mol. The molecule has 0 aromatic carbocycles. The minimum atomic E-state index is -0.385. The maximum atomic E-state index is 11.3. The predicted octanol–water partition coefficient (Wildman–Crippen LogP) is 2.07. The third kappa shape index (κ3) is 2.34. The van der Waals surface area contributed by atoms with E-state index in [1.54, 1.807) is 24.5 Å². The minimum Gasteiger partial charge on any atom is -0.465 e. The summed E-state index contributed by atoms with van der Waals surface area (Å²) in [5, 5.41) is 5.58. The van der Waals surface area contributed by atoms with Crippen LogP contribution in [-0.4, -0.2) is 23.0 Å². The quantitative estimate of drug-likeness (QED) is 0.825. The zero-order valence-corrected chi connectivity index (χ0v) is 9.32. The van der Waals surface area contributed by atoms with Gasteiger partial charge in [-0.25, -0.2) is 14.8 Å². The van der Waals surface area contributed by atoms with E-state index in [0.29, 0.717) is 11.4 Å². The summed E-state index contributed by atoms with van der Waals surface area (Å²) in [6, 6.07) is 3.21. The summed E-state index contributed by atoms with van der Waals surface area (Å²) in [6.45, 7) is 0. The Balaban J connectivity index is 2.19. The SMILES string of the molecule is COC(=O)c1ccnc(Nc2nccs2)c1. The zero-order chi connectivity index (χ0) is 11.4. The molecular weight excluding hydrogens is 226 g/mol. The summed E-state index contributed by atoms with van der Waals surface area (Å²) in [6.07, 6.45) is 3.24. The Hall–Kier alpha value is -1.95. The number of methoxy groups -OCH3 is 1. The molecule has 0 atom stereocenters. The zero-order valence-electron chi connectivity index (χ0n) is 8.51. The summed E-state index contributed by atoms with van der Waals surface area (Å²) in [5.74, 6) is 0.183. The number of hydrogen-bond donors (Lipinski definition) is 1. The first-order valence-corrected chi connectivity index (χ1v) is 5.38. The van der Waals surface area contributed by atoms with Crippen molar-refractivity contribution in [3.63, 3.8) is 0 Å². The van der Waals surface area contributed by atoms with Gasteiger partial charge in [0.25, 0.3) is 0 Å². The van der Waals surface area contributed by atoms with Crippen LogP contribution in [0.15, 0.2) is 29.9 Å². The number of rotatable bonds is 3. The molecule has 0 fully saturated rings. The molecule has 0 unspecified atom stereocenters. The third-order valence-electron chi connectivity index (χ3n) is 1.85. The molecule has 0 aliphatic carbocycles. The summed E-state index contributed by atoms with van der Waals surface area (Å²) in [4.78, 5) is 19.4. The molecule has 2 aromatic heterocycles. The highest BCUT2D eigenvalue weighted by Crippen LogP contribution is 2.17. The maximum absolute atomic E-state index is 11.3. The molecular formula is C10H9N3O2S. The van der Waals surface area contributed by atoms with Crippen LogP contribution in [0.5, 0.6) is 0 Å². The topological polar surface area (TPSA) is 64.1 Å². The molecule has 0 bridgehead atoms. The highest BCUT2D eigenvalue weighted by Gasteiger charge is 2.06. The van der Waals surface area contributed by atoms with Crippen LogP contribution >= 0.6 is 11.3 Å². The van der Waals surface area contributed by atoms with Crippen molar-refractivity contribution in [3.8, 4) is 0 Å². The van der Waals surface area contributed by atoms with Crippen molar-refractivity contribution in [2.24, 2.45) is 0 Å². The number of esters is 1. The normalized spacial score (nSPS) is 9.81. The molecule has 0 amide bonds. The second-order valence-corrected chi connectivity index (χ2v) is 3.78. The van der Waals surface area contributed by atoms with E-state index in [1.807, 2.05) is 5.38 Å². The lowest BCUT2D eigenvalue weighted by Crippen LogP contribution is -2.02. The Bertz CT molecular complexity index is 485. The third-order valence-corrected chi connectivity index (χ3v) is 2.54. The van der Waals surface area contributed by atoms with Gasteiger partial charge in [-0.1, -0.05) is 0 Å². The van der Waals surface area contributed by atoms with Gasteiger partial charge in [-0.2, -0.15) is 0 Å². The van der Waals surface area contributed by atoms with E-state index in [1.165, 1.54) is 18.4 Å². The van der Waals surface area contributed by atoms with E-state index in [-0.39, 0.29) is 5.97 Å². The summed E-state index contributed by atoms with van der Waals surface area (Å²) in [7, 11) is 1.34. The van der Waals surface area contributed by atoms with Crippen LogP contribution in [-0.2, 0) is 4.74 Å². The molecule has 16 heavy (non-hydrogen) atoms. The molecule has 0 saturated carbocycles. The first-order valence-electron chi connectivity index (χ1n) is 4.50. The number of aromatic nitrogens is 2. The van der Waals surface area contributed by atoms with Crippen LogP contribution in [0.25, 0.3) is 0 Å². The number of thiazole rings is 1. The van der Waals surface area contributed by atoms with Crippen LogP contribution in [0, 0.1) is 0 Å². The van der Waals surface area contributed by atoms with Crippen molar-refractivity contribution in [2.75, 3.05) is 12.4 Å². The second kappa shape index (κ2) is 4.71. The number of carbonyl (C=O) groups is 1. The standard InChI is InChI=1S/C10H9N3O2S/c1-15-9(14)7-2-3-11-8(6-7)13-10-12-4-5-16-10/h2-6H,1H3,(H,11,12,13). The molecule has 2 heterocycles. The fourth-order valence-corrected chi connectivity index (χ4v) is 1.67. The smallest absolute Gasteiger partial charge is 0.338 e. The summed E-state index contributed by atoms with van der Waals surface area (Å²) in [5.41, 5.74) is 0.455. The maximum Gasteiger partial charge on any atom is 0.338 e. The number of nitrogens with one attached hydrogen (secondary N) is 1. The van der Waals surface area contributed by atoms with E-state index in [9.17, 15) is 4.79 Å². The minimum absolute atomic E-state index is 0.385. The largest absolute Gasteiger partial charge is 0.465 e. The molecule has 0 aliphatic heterocycles. The molecule has 0 radical (unpaired) electrons. The first kappa shape index (κ1) is 10.6. The molecule has 1 N–H and O–H groups in total. The molecule has 82 valence electrons. The van der Waals surface area contributed by atoms with Crippen molar-refractivity contribution in [1.29, 1.82) is 0 Å². The van der Waals surface area contributed by atoms with Gasteiger partial charge in [-0.15, -0.1) is 11.3 Å². The number of ether oxygens (including phenoxy) is 1.